The molecule has 0 spiro atoms. The van der Waals surface area contributed by atoms with E-state index in [9.17, 15) is 4.79 Å². The molecule has 28 heavy (non-hydrogen) atoms. The molecule has 3 aromatic rings. The van der Waals surface area contributed by atoms with E-state index in [1.54, 1.807) is 6.20 Å². The van der Waals surface area contributed by atoms with Crippen molar-refractivity contribution in [1.82, 2.24) is 19.7 Å². The second-order valence-corrected chi connectivity index (χ2v) is 7.85. The van der Waals surface area contributed by atoms with Crippen molar-refractivity contribution in [2.45, 2.75) is 44.4 Å². The molecule has 1 aromatic carbocycles. The van der Waals surface area contributed by atoms with E-state index < -0.39 is 0 Å². The van der Waals surface area contributed by atoms with Gasteiger partial charge in [-0.05, 0) is 43.5 Å². The molecule has 0 aliphatic carbocycles. The lowest BCUT2D eigenvalue weighted by atomic mass is 10.1. The van der Waals surface area contributed by atoms with Crippen LogP contribution in [0.15, 0.2) is 53.8 Å². The molecule has 3 heterocycles. The van der Waals surface area contributed by atoms with Crippen molar-refractivity contribution in [2.75, 3.05) is 10.7 Å². The third-order valence-electron chi connectivity index (χ3n) is 4.86. The normalized spacial score (nSPS) is 15.6. The number of aromatic nitrogens is 4. The van der Waals surface area contributed by atoms with Crippen LogP contribution in [0.4, 0.5) is 5.69 Å². The Hall–Kier alpha value is -2.67. The zero-order chi connectivity index (χ0) is 19.5. The second kappa shape index (κ2) is 8.14. The summed E-state index contributed by atoms with van der Waals surface area (Å²) in [5.74, 6) is 1.19. The molecule has 0 bridgehead atoms. The quantitative estimate of drug-likeness (QED) is 0.596. The smallest absolute Gasteiger partial charge is 0.237 e. The van der Waals surface area contributed by atoms with E-state index in [0.29, 0.717) is 5.75 Å². The Balaban J connectivity index is 1.52. The number of anilines is 1. The lowest BCUT2D eigenvalue weighted by molar-refractivity contribution is -0.116. The number of carbonyl (C=O) groups excluding carboxylic acids is 1. The van der Waals surface area contributed by atoms with Crippen molar-refractivity contribution in [3.8, 4) is 11.5 Å². The van der Waals surface area contributed by atoms with E-state index in [-0.39, 0.29) is 11.9 Å². The van der Waals surface area contributed by atoms with Gasteiger partial charge in [0, 0.05) is 24.5 Å². The predicted molar refractivity (Wildman–Crippen MR) is 111 cm³/mol. The fourth-order valence-corrected chi connectivity index (χ4v) is 4.47. The molecular formula is C21H23N5OS. The number of amides is 1. The van der Waals surface area contributed by atoms with Crippen LogP contribution < -0.4 is 4.90 Å². The fraction of sp³-hybridized carbons (Fsp3) is 0.333. The van der Waals surface area contributed by atoms with Crippen LogP contribution in [0.5, 0.6) is 0 Å². The van der Waals surface area contributed by atoms with Crippen molar-refractivity contribution < 1.29 is 4.79 Å². The summed E-state index contributed by atoms with van der Waals surface area (Å²) in [4.78, 5) is 19.3. The van der Waals surface area contributed by atoms with Gasteiger partial charge in [-0.2, -0.15) is 0 Å². The largest absolute Gasteiger partial charge is 0.308 e. The number of fused-ring (bicyclic) bond motifs is 1. The first-order valence-corrected chi connectivity index (χ1v) is 10.5. The highest BCUT2D eigenvalue weighted by molar-refractivity contribution is 7.99. The van der Waals surface area contributed by atoms with Crippen LogP contribution in [0.25, 0.3) is 11.5 Å². The van der Waals surface area contributed by atoms with Gasteiger partial charge < -0.3 is 9.47 Å². The van der Waals surface area contributed by atoms with Gasteiger partial charge >= 0.3 is 0 Å². The predicted octanol–water partition coefficient (Wildman–Crippen LogP) is 3.82. The number of carbonyl (C=O) groups is 1. The van der Waals surface area contributed by atoms with E-state index in [0.717, 1.165) is 41.7 Å². The fourth-order valence-electron chi connectivity index (χ4n) is 3.65. The SMILES string of the molecule is CCCn1c(SCC(=O)N2c3ccccc3CC2C)nnc1-c1ccccn1. The third-order valence-corrected chi connectivity index (χ3v) is 5.81. The van der Waals surface area contributed by atoms with Crippen LogP contribution in [0.3, 0.4) is 0 Å². The second-order valence-electron chi connectivity index (χ2n) is 6.91. The van der Waals surface area contributed by atoms with Crippen LogP contribution in [0, 0.1) is 0 Å². The van der Waals surface area contributed by atoms with Gasteiger partial charge in [0.15, 0.2) is 11.0 Å². The maximum absolute atomic E-state index is 13.0. The zero-order valence-electron chi connectivity index (χ0n) is 16.1. The number of nitrogens with zero attached hydrogens (tertiary/aromatic N) is 5. The lowest BCUT2D eigenvalue weighted by Gasteiger charge is -2.22. The third kappa shape index (κ3) is 3.54. The van der Waals surface area contributed by atoms with Crippen molar-refractivity contribution >= 4 is 23.4 Å². The van der Waals surface area contributed by atoms with Crippen molar-refractivity contribution in [2.24, 2.45) is 0 Å². The minimum absolute atomic E-state index is 0.105. The molecule has 0 fully saturated rings. The molecule has 1 amide bonds. The van der Waals surface area contributed by atoms with Crippen molar-refractivity contribution in [3.63, 3.8) is 0 Å². The highest BCUT2D eigenvalue weighted by Gasteiger charge is 2.30. The number of rotatable bonds is 6. The average Bonchev–Trinajstić information content (AvgIpc) is 3.27. The summed E-state index contributed by atoms with van der Waals surface area (Å²) in [7, 11) is 0. The van der Waals surface area contributed by atoms with Crippen LogP contribution in [0.2, 0.25) is 0 Å². The molecule has 0 saturated carbocycles. The summed E-state index contributed by atoms with van der Waals surface area (Å²) < 4.78 is 2.06. The Bertz CT molecular complexity index is 972. The molecular weight excluding hydrogens is 370 g/mol. The summed E-state index contributed by atoms with van der Waals surface area (Å²) in [6, 6.07) is 14.1. The van der Waals surface area contributed by atoms with Gasteiger partial charge in [0.1, 0.15) is 5.69 Å². The number of benzene rings is 1. The molecule has 1 unspecified atom stereocenters. The number of pyridine rings is 1. The number of thioether (sulfide) groups is 1. The molecule has 2 aromatic heterocycles. The standard InChI is InChI=1S/C21H23N5OS/c1-3-12-25-20(17-9-6-7-11-22-17)23-24-21(25)28-14-19(27)26-15(2)13-16-8-4-5-10-18(16)26/h4-11,15H,3,12-14H2,1-2H3. The van der Waals surface area contributed by atoms with Gasteiger partial charge in [0.05, 0.1) is 5.75 Å². The van der Waals surface area contributed by atoms with Crippen molar-refractivity contribution in [1.29, 1.82) is 0 Å². The molecule has 144 valence electrons. The van der Waals surface area contributed by atoms with Crippen LogP contribution in [0.1, 0.15) is 25.8 Å². The molecule has 1 aliphatic rings. The zero-order valence-corrected chi connectivity index (χ0v) is 16.9. The minimum Gasteiger partial charge on any atom is -0.308 e. The van der Waals surface area contributed by atoms with Crippen LogP contribution in [-0.4, -0.2) is 37.5 Å². The molecule has 4 rings (SSSR count). The average molecular weight is 394 g/mol. The number of hydrogen-bond acceptors (Lipinski definition) is 5. The Morgan fingerprint density at radius 2 is 2.00 bits per heavy atom. The van der Waals surface area contributed by atoms with E-state index in [4.69, 9.17) is 0 Å². The van der Waals surface area contributed by atoms with E-state index in [1.165, 1.54) is 17.3 Å². The lowest BCUT2D eigenvalue weighted by Crippen LogP contribution is -2.37. The van der Waals surface area contributed by atoms with Gasteiger partial charge in [0.2, 0.25) is 5.91 Å². The molecule has 7 heteroatoms. The van der Waals surface area contributed by atoms with E-state index in [2.05, 4.69) is 39.7 Å². The number of hydrogen-bond donors (Lipinski definition) is 0. The first kappa shape index (κ1) is 18.7. The van der Waals surface area contributed by atoms with Crippen molar-refractivity contribution in [3.05, 3.63) is 54.2 Å². The molecule has 0 radical (unpaired) electrons. The summed E-state index contributed by atoms with van der Waals surface area (Å²) >= 11 is 1.44. The van der Waals surface area contributed by atoms with Gasteiger partial charge in [0.25, 0.3) is 0 Å². The molecule has 1 atom stereocenters. The summed E-state index contributed by atoms with van der Waals surface area (Å²) in [5.41, 5.74) is 3.06. The Morgan fingerprint density at radius 1 is 1.18 bits per heavy atom. The van der Waals surface area contributed by atoms with Gasteiger partial charge in [-0.1, -0.05) is 43.0 Å². The Kier molecular flexibility index (Phi) is 5.43. The monoisotopic (exact) mass is 393 g/mol. The van der Waals surface area contributed by atoms with Gasteiger partial charge in [-0.3, -0.25) is 9.78 Å². The first-order valence-electron chi connectivity index (χ1n) is 9.56. The van der Waals surface area contributed by atoms with Gasteiger partial charge in [-0.25, -0.2) is 0 Å². The first-order chi connectivity index (χ1) is 13.7. The maximum atomic E-state index is 13.0. The molecule has 1 aliphatic heterocycles. The summed E-state index contributed by atoms with van der Waals surface area (Å²) in [5, 5.41) is 9.43. The minimum atomic E-state index is 0.105. The Labute approximate surface area is 169 Å². The highest BCUT2D eigenvalue weighted by atomic mass is 32.2. The highest BCUT2D eigenvalue weighted by Crippen LogP contribution is 2.33. The maximum Gasteiger partial charge on any atom is 0.237 e. The van der Waals surface area contributed by atoms with E-state index in [1.807, 2.05) is 41.3 Å². The summed E-state index contributed by atoms with van der Waals surface area (Å²) in [6.07, 6.45) is 3.61. The Morgan fingerprint density at radius 3 is 2.79 bits per heavy atom. The molecule has 0 N–H and O–H groups in total. The molecule has 0 saturated heterocycles. The van der Waals surface area contributed by atoms with E-state index >= 15 is 0 Å². The topological polar surface area (TPSA) is 63.9 Å². The molecule has 6 nitrogen and oxygen atoms in total. The van der Waals surface area contributed by atoms with Crippen LogP contribution in [-0.2, 0) is 17.8 Å². The summed E-state index contributed by atoms with van der Waals surface area (Å²) in [6.45, 7) is 5.00. The van der Waals surface area contributed by atoms with Gasteiger partial charge in [-0.15, -0.1) is 10.2 Å². The number of para-hydroxylation sites is 1. The van der Waals surface area contributed by atoms with Crippen LogP contribution >= 0.6 is 11.8 Å².